The molecule has 1 aliphatic carbocycles. The van der Waals surface area contributed by atoms with Crippen LogP contribution in [0.1, 0.15) is 51.2 Å². The van der Waals surface area contributed by atoms with E-state index in [0.29, 0.717) is 31.4 Å². The topological polar surface area (TPSA) is 79.7 Å². The molecule has 24 heavy (non-hydrogen) atoms. The maximum atomic E-state index is 13.1. The van der Waals surface area contributed by atoms with Crippen LogP contribution >= 0.6 is 0 Å². The highest BCUT2D eigenvalue weighted by atomic mass is 16.6. The van der Waals surface area contributed by atoms with Gasteiger partial charge in [0.1, 0.15) is 11.6 Å². The molecule has 130 valence electrons. The summed E-state index contributed by atoms with van der Waals surface area (Å²) in [7, 11) is 0. The molecule has 1 aromatic rings. The molecule has 2 aliphatic rings. The molecular weight excluding hydrogens is 308 g/mol. The molecule has 2 heterocycles. The van der Waals surface area contributed by atoms with Crippen LogP contribution in [0.15, 0.2) is 18.5 Å². The first-order chi connectivity index (χ1) is 11.2. The lowest BCUT2D eigenvalue weighted by atomic mass is 9.94. The third-order valence-electron chi connectivity index (χ3n) is 4.65. The normalized spacial score (nSPS) is 26.3. The van der Waals surface area contributed by atoms with Crippen molar-refractivity contribution in [1.82, 2.24) is 9.88 Å². The highest BCUT2D eigenvalue weighted by Crippen LogP contribution is 2.39. The fraction of sp³-hybridized carbons (Fsp3) is 0.611. The Labute approximate surface area is 141 Å². The largest absolute Gasteiger partial charge is 0.458 e. The monoisotopic (exact) mass is 332 g/mol. The maximum absolute atomic E-state index is 13.1. The van der Waals surface area contributed by atoms with Crippen molar-refractivity contribution in [2.45, 2.75) is 63.7 Å². The predicted octanol–water partition coefficient (Wildman–Crippen LogP) is 1.55. The van der Waals surface area contributed by atoms with Gasteiger partial charge < -0.3 is 14.7 Å². The standard InChI is InChI=1S/C18H24N2O4/c1-17(2,3)24-15(21)14-5-4-10-20(14)16(22)18(23)8-6-12-11-19-9-7-13(12)18/h7,9,11,14,23H,4-6,8,10H2,1-3H3/t14-,18?/m0/s1. The van der Waals surface area contributed by atoms with Crippen LogP contribution in [0.5, 0.6) is 0 Å². The van der Waals surface area contributed by atoms with Gasteiger partial charge in [-0.05, 0) is 63.6 Å². The Morgan fingerprint density at radius 1 is 1.42 bits per heavy atom. The number of rotatable bonds is 2. The van der Waals surface area contributed by atoms with Crippen LogP contribution < -0.4 is 0 Å². The number of aromatic nitrogens is 1. The molecule has 1 unspecified atom stereocenters. The third kappa shape index (κ3) is 2.90. The van der Waals surface area contributed by atoms with Gasteiger partial charge in [0.25, 0.3) is 5.91 Å². The van der Waals surface area contributed by atoms with Crippen molar-refractivity contribution in [3.05, 3.63) is 29.6 Å². The van der Waals surface area contributed by atoms with E-state index < -0.39 is 29.1 Å². The summed E-state index contributed by atoms with van der Waals surface area (Å²) in [6.45, 7) is 5.88. The van der Waals surface area contributed by atoms with E-state index in [1.807, 2.05) is 0 Å². The summed E-state index contributed by atoms with van der Waals surface area (Å²) in [5.74, 6) is -0.800. The molecule has 1 aliphatic heterocycles. The number of esters is 1. The number of carbonyl (C=O) groups excluding carboxylic acids is 2. The van der Waals surface area contributed by atoms with E-state index in [4.69, 9.17) is 4.74 Å². The van der Waals surface area contributed by atoms with Crippen LogP contribution in [0.3, 0.4) is 0 Å². The minimum Gasteiger partial charge on any atom is -0.458 e. The van der Waals surface area contributed by atoms with Gasteiger partial charge in [-0.1, -0.05) is 0 Å². The number of hydrogen-bond acceptors (Lipinski definition) is 5. The number of carbonyl (C=O) groups is 2. The first-order valence-electron chi connectivity index (χ1n) is 8.42. The van der Waals surface area contributed by atoms with Crippen molar-refractivity contribution in [3.8, 4) is 0 Å². The second-order valence-electron chi connectivity index (χ2n) is 7.58. The summed E-state index contributed by atoms with van der Waals surface area (Å²) < 4.78 is 5.44. The Balaban J connectivity index is 1.83. The van der Waals surface area contributed by atoms with Crippen LogP contribution in [0.2, 0.25) is 0 Å². The lowest BCUT2D eigenvalue weighted by Gasteiger charge is -2.32. The van der Waals surface area contributed by atoms with Crippen molar-refractivity contribution in [1.29, 1.82) is 0 Å². The number of nitrogens with zero attached hydrogens (tertiary/aromatic N) is 2. The zero-order chi connectivity index (χ0) is 17.5. The van der Waals surface area contributed by atoms with Crippen LogP contribution in [-0.2, 0) is 26.3 Å². The number of aryl methyl sites for hydroxylation is 1. The Morgan fingerprint density at radius 3 is 2.88 bits per heavy atom. The van der Waals surface area contributed by atoms with E-state index >= 15 is 0 Å². The van der Waals surface area contributed by atoms with Crippen molar-refractivity contribution in [2.75, 3.05) is 6.54 Å². The zero-order valence-corrected chi connectivity index (χ0v) is 14.4. The van der Waals surface area contributed by atoms with Gasteiger partial charge in [0, 0.05) is 18.9 Å². The van der Waals surface area contributed by atoms with Gasteiger partial charge in [0.05, 0.1) is 0 Å². The molecule has 3 rings (SSSR count). The number of hydrogen-bond donors (Lipinski definition) is 1. The smallest absolute Gasteiger partial charge is 0.329 e. The Morgan fingerprint density at radius 2 is 2.17 bits per heavy atom. The molecule has 0 aromatic carbocycles. The summed E-state index contributed by atoms with van der Waals surface area (Å²) in [4.78, 5) is 31.0. The van der Waals surface area contributed by atoms with Crippen LogP contribution in [0.25, 0.3) is 0 Å². The molecule has 0 saturated carbocycles. The first kappa shape index (κ1) is 16.9. The maximum Gasteiger partial charge on any atom is 0.329 e. The second kappa shape index (κ2) is 5.84. The number of likely N-dealkylation sites (tertiary alicyclic amines) is 1. The molecule has 6 nitrogen and oxygen atoms in total. The minimum absolute atomic E-state index is 0.324. The SMILES string of the molecule is CC(C)(C)OC(=O)[C@@H]1CCCN1C(=O)C1(O)CCc2cnccc21. The van der Waals surface area contributed by atoms with Crippen molar-refractivity contribution >= 4 is 11.9 Å². The molecule has 1 fully saturated rings. The molecular formula is C18H24N2O4. The number of pyridine rings is 1. The van der Waals surface area contributed by atoms with Gasteiger partial charge in [-0.25, -0.2) is 4.79 Å². The summed E-state index contributed by atoms with van der Waals surface area (Å²) >= 11 is 0. The fourth-order valence-electron chi connectivity index (χ4n) is 3.56. The van der Waals surface area contributed by atoms with Crippen LogP contribution in [-0.4, -0.2) is 45.1 Å². The average Bonchev–Trinajstić information content (AvgIpc) is 3.11. The minimum atomic E-state index is -1.57. The molecule has 1 saturated heterocycles. The predicted molar refractivity (Wildman–Crippen MR) is 87.0 cm³/mol. The highest BCUT2D eigenvalue weighted by Gasteiger charge is 2.49. The Hall–Kier alpha value is -1.95. The van der Waals surface area contributed by atoms with E-state index in [9.17, 15) is 14.7 Å². The first-order valence-corrected chi connectivity index (χ1v) is 8.42. The molecule has 2 atom stereocenters. The lowest BCUT2D eigenvalue weighted by Crippen LogP contribution is -2.51. The van der Waals surface area contributed by atoms with Crippen molar-refractivity contribution in [2.24, 2.45) is 0 Å². The third-order valence-corrected chi connectivity index (χ3v) is 4.65. The van der Waals surface area contributed by atoms with Crippen LogP contribution in [0.4, 0.5) is 0 Å². The van der Waals surface area contributed by atoms with Crippen molar-refractivity contribution in [3.63, 3.8) is 0 Å². The van der Waals surface area contributed by atoms with E-state index in [-0.39, 0.29) is 0 Å². The molecule has 0 radical (unpaired) electrons. The molecule has 1 amide bonds. The zero-order valence-electron chi connectivity index (χ0n) is 14.4. The van der Waals surface area contributed by atoms with Gasteiger partial charge in [-0.15, -0.1) is 0 Å². The Bertz CT molecular complexity index is 667. The lowest BCUT2D eigenvalue weighted by molar-refractivity contribution is -0.168. The summed E-state index contributed by atoms with van der Waals surface area (Å²) in [5.41, 5.74) is -0.668. The average molecular weight is 332 g/mol. The van der Waals surface area contributed by atoms with E-state index in [1.54, 1.807) is 39.2 Å². The molecule has 1 N–H and O–H groups in total. The molecule has 1 aromatic heterocycles. The Kier molecular flexibility index (Phi) is 4.11. The second-order valence-corrected chi connectivity index (χ2v) is 7.58. The molecule has 0 spiro atoms. The van der Waals surface area contributed by atoms with Gasteiger partial charge in [-0.2, -0.15) is 0 Å². The highest BCUT2D eigenvalue weighted by molar-refractivity contribution is 5.92. The number of ether oxygens (including phenoxy) is 1. The van der Waals surface area contributed by atoms with Gasteiger partial charge in [-0.3, -0.25) is 9.78 Å². The summed E-state index contributed by atoms with van der Waals surface area (Å²) in [6.07, 6.45) is 5.50. The van der Waals surface area contributed by atoms with E-state index in [1.165, 1.54) is 4.90 Å². The summed E-state index contributed by atoms with van der Waals surface area (Å²) in [5, 5.41) is 11.0. The number of amides is 1. The number of fused-ring (bicyclic) bond motifs is 1. The number of aliphatic hydroxyl groups is 1. The quantitative estimate of drug-likeness (QED) is 0.831. The van der Waals surface area contributed by atoms with Gasteiger partial charge >= 0.3 is 5.97 Å². The summed E-state index contributed by atoms with van der Waals surface area (Å²) in [6, 6.07) is 1.07. The molecule has 6 heteroatoms. The molecule has 0 bridgehead atoms. The van der Waals surface area contributed by atoms with Crippen molar-refractivity contribution < 1.29 is 19.4 Å². The fourth-order valence-corrected chi connectivity index (χ4v) is 3.56. The van der Waals surface area contributed by atoms with Gasteiger partial charge in [0.15, 0.2) is 5.60 Å². The van der Waals surface area contributed by atoms with E-state index in [2.05, 4.69) is 4.98 Å². The van der Waals surface area contributed by atoms with Crippen LogP contribution in [0, 0.1) is 0 Å². The van der Waals surface area contributed by atoms with Gasteiger partial charge in [0.2, 0.25) is 0 Å². The van der Waals surface area contributed by atoms with E-state index in [0.717, 1.165) is 12.0 Å².